The number of nitrogens with zero attached hydrogens (tertiary/aromatic N) is 1. The molecule has 2 rings (SSSR count). The van der Waals surface area contributed by atoms with Gasteiger partial charge in [-0.05, 0) is 42.7 Å². The van der Waals surface area contributed by atoms with E-state index in [1.54, 1.807) is 30.1 Å². The molecular weight excluding hydrogens is 268 g/mol. The standard InChI is InChI=1S/C13H11ClN2OS/c1-18-10-6-4-9(5-7-10)16-13(17)11-3-2-8-15-12(11)14/h2-8H,1H3,(H,16,17). The van der Waals surface area contributed by atoms with Gasteiger partial charge in [0.2, 0.25) is 0 Å². The lowest BCUT2D eigenvalue weighted by atomic mass is 10.2. The highest BCUT2D eigenvalue weighted by molar-refractivity contribution is 7.98. The van der Waals surface area contributed by atoms with Crippen LogP contribution in [-0.2, 0) is 0 Å². The Bertz CT molecular complexity index is 557. The van der Waals surface area contributed by atoms with Gasteiger partial charge in [-0.25, -0.2) is 4.98 Å². The summed E-state index contributed by atoms with van der Waals surface area (Å²) in [4.78, 5) is 17.0. The Hall–Kier alpha value is -1.52. The number of pyridine rings is 1. The zero-order valence-corrected chi connectivity index (χ0v) is 11.3. The van der Waals surface area contributed by atoms with E-state index in [0.29, 0.717) is 5.56 Å². The van der Waals surface area contributed by atoms with Gasteiger partial charge >= 0.3 is 0 Å². The summed E-state index contributed by atoms with van der Waals surface area (Å²) in [6.45, 7) is 0. The Kier molecular flexibility index (Phi) is 4.23. The molecule has 0 bridgehead atoms. The van der Waals surface area contributed by atoms with Crippen LogP contribution in [0.2, 0.25) is 5.15 Å². The summed E-state index contributed by atoms with van der Waals surface area (Å²) < 4.78 is 0. The number of benzene rings is 1. The van der Waals surface area contributed by atoms with E-state index >= 15 is 0 Å². The van der Waals surface area contributed by atoms with Crippen molar-refractivity contribution in [1.82, 2.24) is 4.98 Å². The highest BCUT2D eigenvalue weighted by Gasteiger charge is 2.10. The Labute approximate surface area is 115 Å². The van der Waals surface area contributed by atoms with Crippen molar-refractivity contribution in [2.24, 2.45) is 0 Å². The van der Waals surface area contributed by atoms with Gasteiger partial charge < -0.3 is 5.32 Å². The number of halogens is 1. The number of nitrogens with one attached hydrogen (secondary N) is 1. The molecule has 1 aromatic heterocycles. The molecule has 0 aliphatic heterocycles. The summed E-state index contributed by atoms with van der Waals surface area (Å²) >= 11 is 7.51. The molecule has 1 N–H and O–H groups in total. The van der Waals surface area contributed by atoms with Crippen LogP contribution in [0.3, 0.4) is 0 Å². The molecule has 0 unspecified atom stereocenters. The molecule has 0 saturated carbocycles. The van der Waals surface area contributed by atoms with E-state index in [0.717, 1.165) is 10.6 Å². The molecule has 5 heteroatoms. The maximum absolute atomic E-state index is 11.9. The Morgan fingerprint density at radius 3 is 2.61 bits per heavy atom. The minimum atomic E-state index is -0.259. The topological polar surface area (TPSA) is 42.0 Å². The fraction of sp³-hybridized carbons (Fsp3) is 0.0769. The van der Waals surface area contributed by atoms with Crippen molar-refractivity contribution in [3.05, 3.63) is 53.3 Å². The quantitative estimate of drug-likeness (QED) is 0.687. The second-order valence-corrected chi connectivity index (χ2v) is 4.76. The molecule has 1 heterocycles. The number of aromatic nitrogens is 1. The lowest BCUT2D eigenvalue weighted by molar-refractivity contribution is 0.102. The van der Waals surface area contributed by atoms with Crippen LogP contribution in [0.25, 0.3) is 0 Å². The first-order valence-corrected chi connectivity index (χ1v) is 6.87. The van der Waals surface area contributed by atoms with Crippen molar-refractivity contribution < 1.29 is 4.79 Å². The molecule has 92 valence electrons. The average Bonchev–Trinajstić information content (AvgIpc) is 2.40. The maximum Gasteiger partial charge on any atom is 0.258 e. The summed E-state index contributed by atoms with van der Waals surface area (Å²) in [7, 11) is 0. The Morgan fingerprint density at radius 2 is 2.00 bits per heavy atom. The number of carbonyl (C=O) groups is 1. The first kappa shape index (κ1) is 12.9. The fourth-order valence-electron chi connectivity index (χ4n) is 1.43. The van der Waals surface area contributed by atoms with Gasteiger partial charge in [0, 0.05) is 16.8 Å². The molecule has 0 spiro atoms. The molecule has 0 atom stereocenters. The van der Waals surface area contributed by atoms with E-state index in [4.69, 9.17) is 11.6 Å². The van der Waals surface area contributed by atoms with Crippen LogP contribution < -0.4 is 5.32 Å². The summed E-state index contributed by atoms with van der Waals surface area (Å²) in [5, 5.41) is 2.98. The van der Waals surface area contributed by atoms with Crippen molar-refractivity contribution >= 4 is 35.0 Å². The van der Waals surface area contributed by atoms with E-state index in [2.05, 4.69) is 10.3 Å². The van der Waals surface area contributed by atoms with Crippen LogP contribution in [-0.4, -0.2) is 17.1 Å². The van der Waals surface area contributed by atoms with Gasteiger partial charge in [-0.15, -0.1) is 11.8 Å². The van der Waals surface area contributed by atoms with Crippen molar-refractivity contribution in [2.75, 3.05) is 11.6 Å². The third-order valence-electron chi connectivity index (χ3n) is 2.35. The lowest BCUT2D eigenvalue weighted by Gasteiger charge is -2.06. The first-order valence-electron chi connectivity index (χ1n) is 5.26. The molecule has 0 aliphatic rings. The van der Waals surface area contributed by atoms with Gasteiger partial charge in [0.05, 0.1) is 5.56 Å². The molecule has 2 aromatic rings. The van der Waals surface area contributed by atoms with Crippen LogP contribution in [0.4, 0.5) is 5.69 Å². The van der Waals surface area contributed by atoms with E-state index in [1.165, 1.54) is 0 Å². The van der Waals surface area contributed by atoms with Gasteiger partial charge in [0.25, 0.3) is 5.91 Å². The summed E-state index contributed by atoms with van der Waals surface area (Å²) in [5.74, 6) is -0.259. The minimum absolute atomic E-state index is 0.204. The third kappa shape index (κ3) is 3.03. The smallest absolute Gasteiger partial charge is 0.258 e. The molecule has 0 saturated heterocycles. The summed E-state index contributed by atoms with van der Waals surface area (Å²) in [6.07, 6.45) is 3.55. The molecule has 3 nitrogen and oxygen atoms in total. The fourth-order valence-corrected chi connectivity index (χ4v) is 2.04. The number of thioether (sulfide) groups is 1. The maximum atomic E-state index is 11.9. The predicted octanol–water partition coefficient (Wildman–Crippen LogP) is 3.71. The monoisotopic (exact) mass is 278 g/mol. The Balaban J connectivity index is 2.14. The Morgan fingerprint density at radius 1 is 1.28 bits per heavy atom. The van der Waals surface area contributed by atoms with Crippen molar-refractivity contribution in [3.8, 4) is 0 Å². The van der Waals surface area contributed by atoms with Gasteiger partial charge in [-0.2, -0.15) is 0 Å². The molecule has 1 amide bonds. The largest absolute Gasteiger partial charge is 0.322 e. The SMILES string of the molecule is CSc1ccc(NC(=O)c2cccnc2Cl)cc1. The molecular formula is C13H11ClN2OS. The van der Waals surface area contributed by atoms with Crippen molar-refractivity contribution in [3.63, 3.8) is 0 Å². The lowest BCUT2D eigenvalue weighted by Crippen LogP contribution is -2.12. The van der Waals surface area contributed by atoms with Crippen LogP contribution in [0.15, 0.2) is 47.5 Å². The zero-order valence-electron chi connectivity index (χ0n) is 9.68. The molecule has 0 radical (unpaired) electrons. The van der Waals surface area contributed by atoms with E-state index in [9.17, 15) is 4.79 Å². The van der Waals surface area contributed by atoms with Gasteiger partial charge in [0.15, 0.2) is 0 Å². The van der Waals surface area contributed by atoms with Gasteiger partial charge in [0.1, 0.15) is 5.15 Å². The zero-order chi connectivity index (χ0) is 13.0. The van der Waals surface area contributed by atoms with Crippen LogP contribution in [0.1, 0.15) is 10.4 Å². The molecule has 18 heavy (non-hydrogen) atoms. The number of carbonyl (C=O) groups excluding carboxylic acids is 1. The highest BCUT2D eigenvalue weighted by Crippen LogP contribution is 2.19. The predicted molar refractivity (Wildman–Crippen MR) is 75.4 cm³/mol. The van der Waals surface area contributed by atoms with Crippen molar-refractivity contribution in [2.45, 2.75) is 4.90 Å². The highest BCUT2D eigenvalue weighted by atomic mass is 35.5. The molecule has 1 aromatic carbocycles. The number of amides is 1. The second kappa shape index (κ2) is 5.89. The molecule has 0 aliphatic carbocycles. The van der Waals surface area contributed by atoms with Crippen LogP contribution in [0.5, 0.6) is 0 Å². The average molecular weight is 279 g/mol. The third-order valence-corrected chi connectivity index (χ3v) is 3.40. The second-order valence-electron chi connectivity index (χ2n) is 3.52. The first-order chi connectivity index (χ1) is 8.70. The van der Waals surface area contributed by atoms with Crippen molar-refractivity contribution in [1.29, 1.82) is 0 Å². The number of hydrogen-bond acceptors (Lipinski definition) is 3. The summed E-state index contributed by atoms with van der Waals surface area (Å²) in [5.41, 5.74) is 1.10. The van der Waals surface area contributed by atoms with E-state index in [1.807, 2.05) is 30.5 Å². The van der Waals surface area contributed by atoms with Gasteiger partial charge in [-0.1, -0.05) is 11.6 Å². The van der Waals surface area contributed by atoms with E-state index in [-0.39, 0.29) is 11.1 Å². The number of hydrogen-bond donors (Lipinski definition) is 1. The number of rotatable bonds is 3. The molecule has 0 fully saturated rings. The van der Waals surface area contributed by atoms with Gasteiger partial charge in [-0.3, -0.25) is 4.79 Å². The van der Waals surface area contributed by atoms with Crippen LogP contribution in [0, 0.1) is 0 Å². The summed E-state index contributed by atoms with van der Waals surface area (Å²) in [6, 6.07) is 10.9. The number of anilines is 1. The van der Waals surface area contributed by atoms with Crippen LogP contribution >= 0.6 is 23.4 Å². The minimum Gasteiger partial charge on any atom is -0.322 e. The normalized spacial score (nSPS) is 10.1. The van der Waals surface area contributed by atoms with E-state index < -0.39 is 0 Å².